The first-order chi connectivity index (χ1) is 14.8. The highest BCUT2D eigenvalue weighted by Crippen LogP contribution is 2.23. The average Bonchev–Trinajstić information content (AvgIpc) is 3.22. The third-order valence-electron chi connectivity index (χ3n) is 4.55. The fourth-order valence-electron chi connectivity index (χ4n) is 2.82. The molecule has 1 atom stereocenters. The van der Waals surface area contributed by atoms with Gasteiger partial charge in [-0.1, -0.05) is 61.5 Å². The number of carbonyl (C=O) groups excluding carboxylic acids is 2. The lowest BCUT2D eigenvalue weighted by Crippen LogP contribution is -2.32. The van der Waals surface area contributed by atoms with E-state index in [2.05, 4.69) is 25.8 Å². The van der Waals surface area contributed by atoms with Crippen LogP contribution in [0, 0.1) is 12.8 Å². The Morgan fingerprint density at radius 1 is 1.16 bits per heavy atom. The van der Waals surface area contributed by atoms with E-state index in [1.165, 1.54) is 11.8 Å². The van der Waals surface area contributed by atoms with Gasteiger partial charge in [-0.15, -0.1) is 5.10 Å². The Morgan fingerprint density at radius 3 is 2.58 bits per heavy atom. The third kappa shape index (κ3) is 6.32. The number of aryl methyl sites for hydroxylation is 1. The summed E-state index contributed by atoms with van der Waals surface area (Å²) in [6.45, 7) is 5.88. The summed E-state index contributed by atoms with van der Waals surface area (Å²) in [6, 6.07) is 14.0. The molecule has 0 fully saturated rings. The lowest BCUT2D eigenvalue weighted by atomic mass is 10.0. The van der Waals surface area contributed by atoms with Crippen LogP contribution in [0.1, 0.15) is 41.6 Å². The second-order valence-electron chi connectivity index (χ2n) is 7.37. The smallest absolute Gasteiger partial charge is 0.251 e. The van der Waals surface area contributed by atoms with E-state index in [9.17, 15) is 9.59 Å². The second-order valence-corrected chi connectivity index (χ2v) is 8.71. The highest BCUT2D eigenvalue weighted by atomic mass is 35.5. The van der Waals surface area contributed by atoms with Gasteiger partial charge in [-0.05, 0) is 42.7 Å². The van der Waals surface area contributed by atoms with E-state index >= 15 is 0 Å². The molecule has 162 valence electrons. The molecule has 2 aromatic carbocycles. The SMILES string of the molecule is Cc1ccc(NC(=O)CSc2n[nH]c(C(NC(=O)c3ccccc3)C(C)C)n2)cc1Cl. The Morgan fingerprint density at radius 2 is 1.90 bits per heavy atom. The Balaban J connectivity index is 1.59. The number of rotatable bonds is 8. The standard InChI is InChI=1S/C22H24ClN5O2S/c1-13(2)19(25-21(30)15-7-5-4-6-8-15)20-26-22(28-27-20)31-12-18(29)24-16-10-9-14(3)17(23)11-16/h4-11,13,19H,12H2,1-3H3,(H,24,29)(H,25,30)(H,26,27,28). The van der Waals surface area contributed by atoms with Gasteiger partial charge in [0.2, 0.25) is 11.1 Å². The number of thioether (sulfide) groups is 1. The fourth-order valence-corrected chi connectivity index (χ4v) is 3.61. The molecule has 3 rings (SSSR count). The molecular weight excluding hydrogens is 434 g/mol. The lowest BCUT2D eigenvalue weighted by Gasteiger charge is -2.19. The van der Waals surface area contributed by atoms with Gasteiger partial charge in [-0.2, -0.15) is 0 Å². The Bertz CT molecular complexity index is 1060. The van der Waals surface area contributed by atoms with Gasteiger partial charge in [0.15, 0.2) is 0 Å². The number of carbonyl (C=O) groups is 2. The normalized spacial score (nSPS) is 11.9. The van der Waals surface area contributed by atoms with Crippen molar-refractivity contribution in [3.05, 3.63) is 70.5 Å². The zero-order valence-electron chi connectivity index (χ0n) is 17.5. The maximum atomic E-state index is 12.5. The second kappa shape index (κ2) is 10.5. The summed E-state index contributed by atoms with van der Waals surface area (Å²) in [5, 5.41) is 13.9. The first-order valence-corrected chi connectivity index (χ1v) is 11.2. The van der Waals surface area contributed by atoms with E-state index in [1.54, 1.807) is 24.3 Å². The van der Waals surface area contributed by atoms with Crippen LogP contribution in [0.2, 0.25) is 5.02 Å². The molecule has 7 nitrogen and oxygen atoms in total. The van der Waals surface area contributed by atoms with Gasteiger partial charge in [0, 0.05) is 16.3 Å². The summed E-state index contributed by atoms with van der Waals surface area (Å²) in [4.78, 5) is 29.2. The summed E-state index contributed by atoms with van der Waals surface area (Å²) >= 11 is 7.30. The fraction of sp³-hybridized carbons (Fsp3) is 0.273. The van der Waals surface area contributed by atoms with Gasteiger partial charge >= 0.3 is 0 Å². The minimum atomic E-state index is -0.335. The Kier molecular flexibility index (Phi) is 7.70. The van der Waals surface area contributed by atoms with Crippen LogP contribution < -0.4 is 10.6 Å². The third-order valence-corrected chi connectivity index (χ3v) is 5.81. The molecule has 31 heavy (non-hydrogen) atoms. The Labute approximate surface area is 190 Å². The van der Waals surface area contributed by atoms with Crippen LogP contribution in [0.5, 0.6) is 0 Å². The molecule has 1 aromatic heterocycles. The summed E-state index contributed by atoms with van der Waals surface area (Å²) < 4.78 is 0. The predicted molar refractivity (Wildman–Crippen MR) is 123 cm³/mol. The van der Waals surface area contributed by atoms with E-state index in [0.29, 0.717) is 27.3 Å². The largest absolute Gasteiger partial charge is 0.342 e. The number of H-pyrrole nitrogens is 1. The number of halogens is 1. The molecule has 9 heteroatoms. The first kappa shape index (κ1) is 22.8. The van der Waals surface area contributed by atoms with Crippen LogP contribution in [-0.4, -0.2) is 32.7 Å². The molecule has 0 bridgehead atoms. The number of benzene rings is 2. The quantitative estimate of drug-likeness (QED) is 0.428. The van der Waals surface area contributed by atoms with Crippen molar-refractivity contribution in [3.8, 4) is 0 Å². The zero-order chi connectivity index (χ0) is 22.4. The van der Waals surface area contributed by atoms with Crippen LogP contribution in [-0.2, 0) is 4.79 Å². The molecule has 3 N–H and O–H groups in total. The molecule has 1 unspecified atom stereocenters. The van der Waals surface area contributed by atoms with Gasteiger partial charge in [0.1, 0.15) is 5.82 Å². The zero-order valence-corrected chi connectivity index (χ0v) is 19.1. The van der Waals surface area contributed by atoms with Gasteiger partial charge in [-0.3, -0.25) is 14.7 Å². The summed E-state index contributed by atoms with van der Waals surface area (Å²) in [5.74, 6) is 0.418. The van der Waals surface area contributed by atoms with Crippen molar-refractivity contribution in [3.63, 3.8) is 0 Å². The molecule has 2 amide bonds. The number of aromatic amines is 1. The number of nitrogens with one attached hydrogen (secondary N) is 3. The van der Waals surface area contributed by atoms with Crippen molar-refractivity contribution in [2.75, 3.05) is 11.1 Å². The lowest BCUT2D eigenvalue weighted by molar-refractivity contribution is -0.113. The molecule has 0 radical (unpaired) electrons. The molecular formula is C22H24ClN5O2S. The summed E-state index contributed by atoms with van der Waals surface area (Å²) in [6.07, 6.45) is 0. The number of hydrogen-bond donors (Lipinski definition) is 3. The van der Waals surface area contributed by atoms with Crippen molar-refractivity contribution < 1.29 is 9.59 Å². The number of amides is 2. The Hall–Kier alpha value is -2.84. The number of nitrogens with zero attached hydrogens (tertiary/aromatic N) is 2. The van der Waals surface area contributed by atoms with E-state index in [4.69, 9.17) is 11.6 Å². The summed E-state index contributed by atoms with van der Waals surface area (Å²) in [7, 11) is 0. The van der Waals surface area contributed by atoms with Crippen molar-refractivity contribution in [2.24, 2.45) is 5.92 Å². The highest BCUT2D eigenvalue weighted by Gasteiger charge is 2.23. The van der Waals surface area contributed by atoms with Gasteiger partial charge in [0.05, 0.1) is 11.8 Å². The molecule has 0 aliphatic rings. The van der Waals surface area contributed by atoms with E-state index in [-0.39, 0.29) is 29.5 Å². The van der Waals surface area contributed by atoms with E-state index in [1.807, 2.05) is 45.0 Å². The molecule has 0 saturated heterocycles. The van der Waals surface area contributed by atoms with Gasteiger partial charge < -0.3 is 10.6 Å². The molecule has 0 aliphatic heterocycles. The molecule has 3 aromatic rings. The predicted octanol–water partition coefficient (Wildman–Crippen LogP) is 4.62. The van der Waals surface area contributed by atoms with Crippen molar-refractivity contribution >= 4 is 40.9 Å². The highest BCUT2D eigenvalue weighted by molar-refractivity contribution is 7.99. The molecule has 0 aliphatic carbocycles. The maximum absolute atomic E-state index is 12.5. The minimum Gasteiger partial charge on any atom is -0.342 e. The van der Waals surface area contributed by atoms with Crippen LogP contribution in [0.15, 0.2) is 53.7 Å². The topological polar surface area (TPSA) is 99.8 Å². The van der Waals surface area contributed by atoms with Crippen molar-refractivity contribution in [2.45, 2.75) is 32.0 Å². The van der Waals surface area contributed by atoms with E-state index in [0.717, 1.165) is 5.56 Å². The number of anilines is 1. The van der Waals surface area contributed by atoms with Crippen LogP contribution in [0.3, 0.4) is 0 Å². The number of hydrogen-bond acceptors (Lipinski definition) is 5. The van der Waals surface area contributed by atoms with Gasteiger partial charge in [0.25, 0.3) is 5.91 Å². The van der Waals surface area contributed by atoms with Crippen molar-refractivity contribution in [1.82, 2.24) is 20.5 Å². The van der Waals surface area contributed by atoms with Crippen LogP contribution in [0.4, 0.5) is 5.69 Å². The molecule has 1 heterocycles. The maximum Gasteiger partial charge on any atom is 0.251 e. The van der Waals surface area contributed by atoms with Crippen molar-refractivity contribution in [1.29, 1.82) is 0 Å². The first-order valence-electron chi connectivity index (χ1n) is 9.80. The van der Waals surface area contributed by atoms with Crippen LogP contribution >= 0.6 is 23.4 Å². The summed E-state index contributed by atoms with van der Waals surface area (Å²) in [5.41, 5.74) is 2.16. The minimum absolute atomic E-state index is 0.0908. The molecule has 0 spiro atoms. The van der Waals surface area contributed by atoms with Gasteiger partial charge in [-0.25, -0.2) is 4.98 Å². The van der Waals surface area contributed by atoms with Crippen LogP contribution in [0.25, 0.3) is 0 Å². The monoisotopic (exact) mass is 457 g/mol. The van der Waals surface area contributed by atoms with E-state index < -0.39 is 0 Å². The average molecular weight is 458 g/mol. The number of aromatic nitrogens is 3. The molecule has 0 saturated carbocycles.